The molecule has 0 aliphatic carbocycles. The lowest BCUT2D eigenvalue weighted by molar-refractivity contribution is -0.171. The van der Waals surface area contributed by atoms with Crippen molar-refractivity contribution < 1.29 is 9.53 Å². The van der Waals surface area contributed by atoms with Crippen LogP contribution in [0.2, 0.25) is 0 Å². The molecule has 0 atom stereocenters. The van der Waals surface area contributed by atoms with Crippen molar-refractivity contribution in [3.05, 3.63) is 24.0 Å². The van der Waals surface area contributed by atoms with Gasteiger partial charge in [0, 0.05) is 19.6 Å². The highest BCUT2D eigenvalue weighted by Crippen LogP contribution is 2.28. The van der Waals surface area contributed by atoms with Gasteiger partial charge in [0.2, 0.25) is 0 Å². The van der Waals surface area contributed by atoms with Gasteiger partial charge in [0.25, 0.3) is 5.91 Å². The molecule has 0 unspecified atom stereocenters. The SMILES string of the molecule is CCNc1ccc(C(=O)N2CC(C)(C)OC(C)(C)C2)nc1. The molecular weight excluding hydrogens is 266 g/mol. The molecule has 116 valence electrons. The van der Waals surface area contributed by atoms with Gasteiger partial charge in [-0.2, -0.15) is 0 Å². The average Bonchev–Trinajstić information content (AvgIpc) is 2.35. The molecule has 1 saturated heterocycles. The molecule has 5 heteroatoms. The minimum Gasteiger partial charge on any atom is -0.384 e. The van der Waals surface area contributed by atoms with E-state index in [1.54, 1.807) is 12.3 Å². The molecule has 0 spiro atoms. The van der Waals surface area contributed by atoms with Crippen LogP contribution >= 0.6 is 0 Å². The van der Waals surface area contributed by atoms with Gasteiger partial charge in [0.15, 0.2) is 0 Å². The number of nitrogens with zero attached hydrogens (tertiary/aromatic N) is 2. The van der Waals surface area contributed by atoms with Gasteiger partial charge in [-0.25, -0.2) is 4.98 Å². The van der Waals surface area contributed by atoms with Crippen LogP contribution in [0.1, 0.15) is 45.1 Å². The Morgan fingerprint density at radius 3 is 2.38 bits per heavy atom. The third-order valence-corrected chi connectivity index (χ3v) is 3.35. The molecule has 0 bridgehead atoms. The second kappa shape index (κ2) is 5.64. The maximum Gasteiger partial charge on any atom is 0.272 e. The molecule has 21 heavy (non-hydrogen) atoms. The Bertz CT molecular complexity index is 493. The van der Waals surface area contributed by atoms with Crippen LogP contribution in [0, 0.1) is 0 Å². The van der Waals surface area contributed by atoms with Crippen LogP contribution in [0.4, 0.5) is 5.69 Å². The van der Waals surface area contributed by atoms with E-state index in [2.05, 4.69) is 10.3 Å². The van der Waals surface area contributed by atoms with Crippen LogP contribution in [0.25, 0.3) is 0 Å². The smallest absolute Gasteiger partial charge is 0.272 e. The molecule has 5 nitrogen and oxygen atoms in total. The fraction of sp³-hybridized carbons (Fsp3) is 0.625. The fourth-order valence-corrected chi connectivity index (χ4v) is 2.92. The molecule has 1 aromatic heterocycles. The Kier molecular flexibility index (Phi) is 4.23. The van der Waals surface area contributed by atoms with E-state index >= 15 is 0 Å². The largest absolute Gasteiger partial charge is 0.384 e. The number of morpholine rings is 1. The van der Waals surface area contributed by atoms with E-state index in [9.17, 15) is 4.79 Å². The van der Waals surface area contributed by atoms with Gasteiger partial charge in [0.1, 0.15) is 5.69 Å². The zero-order valence-corrected chi connectivity index (χ0v) is 13.6. The normalized spacial score (nSPS) is 20.1. The van der Waals surface area contributed by atoms with Crippen molar-refractivity contribution in [2.45, 2.75) is 45.8 Å². The third kappa shape index (κ3) is 3.94. The van der Waals surface area contributed by atoms with Gasteiger partial charge in [0.05, 0.1) is 23.1 Å². The van der Waals surface area contributed by atoms with Crippen molar-refractivity contribution in [1.29, 1.82) is 0 Å². The van der Waals surface area contributed by atoms with Gasteiger partial charge in [-0.15, -0.1) is 0 Å². The average molecular weight is 291 g/mol. The van der Waals surface area contributed by atoms with E-state index in [1.165, 1.54) is 0 Å². The molecule has 1 aliphatic heterocycles. The Morgan fingerprint density at radius 2 is 1.90 bits per heavy atom. The van der Waals surface area contributed by atoms with E-state index in [0.29, 0.717) is 18.8 Å². The number of rotatable bonds is 3. The van der Waals surface area contributed by atoms with Gasteiger partial charge >= 0.3 is 0 Å². The lowest BCUT2D eigenvalue weighted by Crippen LogP contribution is -2.58. The van der Waals surface area contributed by atoms with E-state index < -0.39 is 0 Å². The van der Waals surface area contributed by atoms with Crippen molar-refractivity contribution in [2.75, 3.05) is 25.0 Å². The van der Waals surface area contributed by atoms with E-state index in [0.717, 1.165) is 12.2 Å². The molecule has 1 fully saturated rings. The maximum atomic E-state index is 12.6. The summed E-state index contributed by atoms with van der Waals surface area (Å²) in [6.45, 7) is 12.0. The van der Waals surface area contributed by atoms with E-state index in [1.807, 2.05) is 45.6 Å². The number of carbonyl (C=O) groups excluding carboxylic acids is 1. The summed E-state index contributed by atoms with van der Waals surface area (Å²) in [6, 6.07) is 3.66. The molecule has 1 N–H and O–H groups in total. The highest BCUT2D eigenvalue weighted by molar-refractivity contribution is 5.92. The molecule has 0 aromatic carbocycles. The van der Waals surface area contributed by atoms with E-state index in [-0.39, 0.29) is 17.1 Å². The predicted octanol–water partition coefficient (Wildman–Crippen LogP) is 2.54. The lowest BCUT2D eigenvalue weighted by atomic mass is 9.98. The first-order valence-electron chi connectivity index (χ1n) is 7.42. The molecule has 1 aliphatic rings. The molecular formula is C16H25N3O2. The van der Waals surface area contributed by atoms with Gasteiger partial charge in [-0.1, -0.05) is 0 Å². The summed E-state index contributed by atoms with van der Waals surface area (Å²) in [7, 11) is 0. The van der Waals surface area contributed by atoms with Gasteiger partial charge in [-0.3, -0.25) is 4.79 Å². The number of pyridine rings is 1. The molecule has 2 heterocycles. The van der Waals surface area contributed by atoms with Crippen LogP contribution in [0.3, 0.4) is 0 Å². The predicted molar refractivity (Wildman–Crippen MR) is 83.5 cm³/mol. The number of aromatic nitrogens is 1. The van der Waals surface area contributed by atoms with Crippen molar-refractivity contribution in [2.24, 2.45) is 0 Å². The summed E-state index contributed by atoms with van der Waals surface area (Å²) in [5.74, 6) is -0.0394. The summed E-state index contributed by atoms with van der Waals surface area (Å²) in [5, 5.41) is 3.17. The standard InChI is InChI=1S/C16H25N3O2/c1-6-17-12-7-8-13(18-9-12)14(20)19-10-15(2,3)21-16(4,5)11-19/h7-9,17H,6,10-11H2,1-5H3. The summed E-state index contributed by atoms with van der Waals surface area (Å²) in [6.07, 6.45) is 1.70. The number of ether oxygens (including phenoxy) is 1. The Hall–Kier alpha value is -1.62. The number of hydrogen-bond acceptors (Lipinski definition) is 4. The number of anilines is 1. The lowest BCUT2D eigenvalue weighted by Gasteiger charge is -2.47. The molecule has 0 radical (unpaired) electrons. The number of amides is 1. The first-order valence-corrected chi connectivity index (χ1v) is 7.42. The van der Waals surface area contributed by atoms with Crippen molar-refractivity contribution in [3.8, 4) is 0 Å². The minimum atomic E-state index is -0.346. The van der Waals surface area contributed by atoms with Crippen molar-refractivity contribution >= 4 is 11.6 Å². The maximum absolute atomic E-state index is 12.6. The van der Waals surface area contributed by atoms with Gasteiger partial charge < -0.3 is 15.0 Å². The first kappa shape index (κ1) is 15.8. The quantitative estimate of drug-likeness (QED) is 0.930. The molecule has 2 rings (SSSR count). The zero-order chi connectivity index (χ0) is 15.7. The topological polar surface area (TPSA) is 54.5 Å². The minimum absolute atomic E-state index is 0.0394. The third-order valence-electron chi connectivity index (χ3n) is 3.35. The Morgan fingerprint density at radius 1 is 1.29 bits per heavy atom. The van der Waals surface area contributed by atoms with Gasteiger partial charge in [-0.05, 0) is 46.8 Å². The second-order valence-electron chi connectivity index (χ2n) is 6.75. The summed E-state index contributed by atoms with van der Waals surface area (Å²) >= 11 is 0. The van der Waals surface area contributed by atoms with E-state index in [4.69, 9.17) is 4.74 Å². The van der Waals surface area contributed by atoms with Crippen molar-refractivity contribution in [1.82, 2.24) is 9.88 Å². The van der Waals surface area contributed by atoms with Crippen LogP contribution in [0.15, 0.2) is 18.3 Å². The summed E-state index contributed by atoms with van der Waals surface area (Å²) < 4.78 is 6.00. The summed E-state index contributed by atoms with van der Waals surface area (Å²) in [4.78, 5) is 18.7. The fourth-order valence-electron chi connectivity index (χ4n) is 2.92. The monoisotopic (exact) mass is 291 g/mol. The zero-order valence-electron chi connectivity index (χ0n) is 13.6. The highest BCUT2D eigenvalue weighted by Gasteiger charge is 2.40. The van der Waals surface area contributed by atoms with Crippen LogP contribution < -0.4 is 5.32 Å². The Labute approximate surface area is 126 Å². The van der Waals surface area contributed by atoms with Crippen LogP contribution in [0.5, 0.6) is 0 Å². The first-order chi connectivity index (χ1) is 9.72. The highest BCUT2D eigenvalue weighted by atomic mass is 16.5. The summed E-state index contributed by atoms with van der Waals surface area (Å²) in [5.41, 5.74) is 0.712. The molecule has 0 saturated carbocycles. The van der Waals surface area contributed by atoms with Crippen molar-refractivity contribution in [3.63, 3.8) is 0 Å². The number of nitrogens with one attached hydrogen (secondary N) is 1. The van der Waals surface area contributed by atoms with Crippen LogP contribution in [-0.2, 0) is 4.74 Å². The second-order valence-corrected chi connectivity index (χ2v) is 6.75. The molecule has 1 amide bonds. The van der Waals surface area contributed by atoms with Crippen LogP contribution in [-0.4, -0.2) is 46.6 Å². The Balaban J connectivity index is 2.15. The number of hydrogen-bond donors (Lipinski definition) is 1. The molecule has 1 aromatic rings. The number of carbonyl (C=O) groups is 1.